The second-order valence-corrected chi connectivity index (χ2v) is 10.3. The molecule has 0 N–H and O–H groups in total. The summed E-state index contributed by atoms with van der Waals surface area (Å²) in [5, 5.41) is 0. The summed E-state index contributed by atoms with van der Waals surface area (Å²) >= 11 is 0. The number of hydrogen-bond donors (Lipinski definition) is 0. The average Bonchev–Trinajstić information content (AvgIpc) is 3.27. The van der Waals surface area contributed by atoms with Crippen LogP contribution in [0.25, 0.3) is 0 Å². The molecule has 6 unspecified atom stereocenters. The first-order chi connectivity index (χ1) is 12.7. The fourth-order valence-corrected chi connectivity index (χ4v) is 8.03. The van der Waals surface area contributed by atoms with E-state index in [0.29, 0.717) is 17.8 Å². The smallest absolute Gasteiger partial charge is 0.302 e. The zero-order valence-electron chi connectivity index (χ0n) is 17.0. The fourth-order valence-electron chi connectivity index (χ4n) is 8.03. The number of ketones is 1. The lowest BCUT2D eigenvalue weighted by Crippen LogP contribution is -2.54. The average molecular weight is 373 g/mol. The fraction of sp³-hybridized carbons (Fsp3) is 0.826. The highest BCUT2D eigenvalue weighted by atomic mass is 16.6. The topological polar surface area (TPSA) is 55.9 Å². The molecule has 148 valence electrons. The standard InChI is InChI=1S/C23H32O4/c1-13(24)23-20(27-23)12-19-17-6-5-15-11-16(26-14(2)25)7-9-21(15,3)18(17)8-10-22(19,23)4/h5,16-20H,6-12H2,1-4H3/t16?,17?,18?,19?,20-,21?,22?,23+/m0/s1. The molecule has 0 aromatic heterocycles. The Labute approximate surface area is 162 Å². The highest BCUT2D eigenvalue weighted by molar-refractivity contribution is 5.90. The molecule has 4 fully saturated rings. The lowest BCUT2D eigenvalue weighted by Gasteiger charge is -2.58. The summed E-state index contributed by atoms with van der Waals surface area (Å²) in [7, 11) is 0. The Bertz CT molecular complexity index is 741. The lowest BCUT2D eigenvalue weighted by molar-refractivity contribution is -0.149. The van der Waals surface area contributed by atoms with Crippen molar-refractivity contribution in [3.05, 3.63) is 11.6 Å². The predicted molar refractivity (Wildman–Crippen MR) is 101 cm³/mol. The number of ether oxygens (including phenoxy) is 2. The maximum atomic E-state index is 12.5. The van der Waals surface area contributed by atoms with Gasteiger partial charge in [0.25, 0.3) is 0 Å². The van der Waals surface area contributed by atoms with Gasteiger partial charge in [-0.15, -0.1) is 0 Å². The van der Waals surface area contributed by atoms with Gasteiger partial charge in [-0.2, -0.15) is 0 Å². The van der Waals surface area contributed by atoms with Gasteiger partial charge in [0, 0.05) is 18.8 Å². The molecule has 8 atom stereocenters. The molecule has 27 heavy (non-hydrogen) atoms. The van der Waals surface area contributed by atoms with Crippen molar-refractivity contribution in [2.45, 2.75) is 90.4 Å². The maximum Gasteiger partial charge on any atom is 0.302 e. The molecule has 0 bridgehead atoms. The van der Waals surface area contributed by atoms with Crippen molar-refractivity contribution in [3.8, 4) is 0 Å². The van der Waals surface area contributed by atoms with E-state index < -0.39 is 5.60 Å². The van der Waals surface area contributed by atoms with Gasteiger partial charge in [-0.3, -0.25) is 9.59 Å². The molecule has 0 radical (unpaired) electrons. The molecular formula is C23H32O4. The second-order valence-electron chi connectivity index (χ2n) is 10.3. The number of rotatable bonds is 2. The van der Waals surface area contributed by atoms with Crippen LogP contribution in [0.1, 0.15) is 72.6 Å². The molecule has 5 aliphatic rings. The van der Waals surface area contributed by atoms with Gasteiger partial charge in [-0.05, 0) is 68.6 Å². The molecule has 0 spiro atoms. The molecule has 0 aromatic rings. The zero-order valence-corrected chi connectivity index (χ0v) is 17.0. The Hall–Kier alpha value is -1.16. The Morgan fingerprint density at radius 2 is 1.93 bits per heavy atom. The van der Waals surface area contributed by atoms with E-state index in [1.807, 2.05) is 0 Å². The highest BCUT2D eigenvalue weighted by Gasteiger charge is 2.79. The van der Waals surface area contributed by atoms with Gasteiger partial charge in [-0.1, -0.05) is 25.5 Å². The molecule has 0 aromatic carbocycles. The van der Waals surface area contributed by atoms with Crippen molar-refractivity contribution in [1.82, 2.24) is 0 Å². The molecular weight excluding hydrogens is 340 g/mol. The van der Waals surface area contributed by atoms with Crippen LogP contribution in [-0.4, -0.2) is 29.6 Å². The third-order valence-electron chi connectivity index (χ3n) is 9.34. The third kappa shape index (κ3) is 2.14. The number of hydrogen-bond acceptors (Lipinski definition) is 4. The van der Waals surface area contributed by atoms with E-state index in [9.17, 15) is 9.59 Å². The van der Waals surface area contributed by atoms with Crippen LogP contribution in [0.5, 0.6) is 0 Å². The van der Waals surface area contributed by atoms with Crippen molar-refractivity contribution >= 4 is 11.8 Å². The van der Waals surface area contributed by atoms with E-state index >= 15 is 0 Å². The number of esters is 1. The van der Waals surface area contributed by atoms with E-state index in [4.69, 9.17) is 9.47 Å². The van der Waals surface area contributed by atoms with Crippen LogP contribution in [0.15, 0.2) is 11.6 Å². The Morgan fingerprint density at radius 1 is 1.15 bits per heavy atom. The Balaban J connectivity index is 1.43. The quantitative estimate of drug-likeness (QED) is 0.414. The number of carbonyl (C=O) groups excluding carboxylic acids is 2. The maximum absolute atomic E-state index is 12.5. The van der Waals surface area contributed by atoms with Crippen molar-refractivity contribution in [2.24, 2.45) is 28.6 Å². The van der Waals surface area contributed by atoms with Gasteiger partial charge in [0.2, 0.25) is 0 Å². The summed E-state index contributed by atoms with van der Waals surface area (Å²) in [6, 6.07) is 0. The largest absolute Gasteiger partial charge is 0.462 e. The van der Waals surface area contributed by atoms with Crippen LogP contribution in [0.2, 0.25) is 0 Å². The second kappa shape index (κ2) is 5.46. The molecule has 3 saturated carbocycles. The number of fused-ring (bicyclic) bond motifs is 7. The minimum absolute atomic E-state index is 0.0152. The lowest BCUT2D eigenvalue weighted by atomic mass is 9.47. The molecule has 4 heteroatoms. The first-order valence-corrected chi connectivity index (χ1v) is 10.8. The van der Waals surface area contributed by atoms with Crippen LogP contribution < -0.4 is 0 Å². The highest BCUT2D eigenvalue weighted by Crippen LogP contribution is 2.73. The van der Waals surface area contributed by atoms with Crippen LogP contribution in [-0.2, 0) is 19.1 Å². The van der Waals surface area contributed by atoms with Gasteiger partial charge in [-0.25, -0.2) is 0 Å². The van der Waals surface area contributed by atoms with Gasteiger partial charge in [0.15, 0.2) is 11.4 Å². The molecule has 4 nitrogen and oxygen atoms in total. The molecule has 1 saturated heterocycles. The van der Waals surface area contributed by atoms with E-state index in [-0.39, 0.29) is 34.8 Å². The van der Waals surface area contributed by atoms with Gasteiger partial charge < -0.3 is 9.47 Å². The molecule has 1 aliphatic heterocycles. The summed E-state index contributed by atoms with van der Waals surface area (Å²) < 4.78 is 11.6. The van der Waals surface area contributed by atoms with Crippen molar-refractivity contribution in [3.63, 3.8) is 0 Å². The van der Waals surface area contributed by atoms with Gasteiger partial charge >= 0.3 is 5.97 Å². The zero-order chi connectivity index (χ0) is 19.2. The molecule has 0 amide bonds. The normalized spacial score (nSPS) is 52.6. The number of allylic oxidation sites excluding steroid dienone is 1. The SMILES string of the molecule is CC(=O)OC1CCC2(C)C(=CCC3C2CCC2(C)C3C[C@@H]3O[C@]32C(C)=O)C1. The van der Waals surface area contributed by atoms with E-state index in [1.54, 1.807) is 6.92 Å². The summed E-state index contributed by atoms with van der Waals surface area (Å²) in [4.78, 5) is 23.8. The number of carbonyl (C=O) groups is 2. The van der Waals surface area contributed by atoms with Gasteiger partial charge in [0.05, 0.1) is 6.10 Å². The van der Waals surface area contributed by atoms with Crippen LogP contribution in [0.3, 0.4) is 0 Å². The summed E-state index contributed by atoms with van der Waals surface area (Å²) in [6.07, 6.45) is 10.1. The summed E-state index contributed by atoms with van der Waals surface area (Å²) in [5.74, 6) is 2.03. The van der Waals surface area contributed by atoms with Crippen molar-refractivity contribution in [1.29, 1.82) is 0 Å². The minimum Gasteiger partial charge on any atom is -0.462 e. The predicted octanol–water partition coefficient (Wildman–Crippen LogP) is 4.22. The van der Waals surface area contributed by atoms with Crippen LogP contribution >= 0.6 is 0 Å². The summed E-state index contributed by atoms with van der Waals surface area (Å²) in [6.45, 7) is 8.03. The van der Waals surface area contributed by atoms with Crippen LogP contribution in [0.4, 0.5) is 0 Å². The number of epoxide rings is 1. The molecule has 1 heterocycles. The first-order valence-electron chi connectivity index (χ1n) is 10.8. The molecule has 5 rings (SSSR count). The van der Waals surface area contributed by atoms with E-state index in [2.05, 4.69) is 19.9 Å². The Kier molecular flexibility index (Phi) is 3.62. The summed E-state index contributed by atoms with van der Waals surface area (Å²) in [5.41, 5.74) is 1.30. The molecule has 4 aliphatic carbocycles. The van der Waals surface area contributed by atoms with Crippen LogP contribution in [0, 0.1) is 28.6 Å². The minimum atomic E-state index is -0.472. The Morgan fingerprint density at radius 3 is 2.63 bits per heavy atom. The van der Waals surface area contributed by atoms with Crippen molar-refractivity contribution in [2.75, 3.05) is 0 Å². The van der Waals surface area contributed by atoms with E-state index in [0.717, 1.165) is 38.5 Å². The monoisotopic (exact) mass is 372 g/mol. The third-order valence-corrected chi connectivity index (χ3v) is 9.34. The first kappa shape index (κ1) is 17.9. The number of Topliss-reactive ketones (excluding diaryl/α,β-unsaturated/α-hetero) is 1. The van der Waals surface area contributed by atoms with E-state index in [1.165, 1.54) is 18.9 Å². The van der Waals surface area contributed by atoms with Crippen molar-refractivity contribution < 1.29 is 19.1 Å². The van der Waals surface area contributed by atoms with Gasteiger partial charge in [0.1, 0.15) is 6.10 Å².